The highest BCUT2D eigenvalue weighted by Gasteiger charge is 2.16. The van der Waals surface area contributed by atoms with Crippen molar-refractivity contribution in [2.75, 3.05) is 14.2 Å². The van der Waals surface area contributed by atoms with Crippen LogP contribution in [-0.4, -0.2) is 14.2 Å². The fraction of sp³-hybridized carbons (Fsp3) is 0.250. The molecule has 2 rings (SSSR count). The molecule has 0 saturated heterocycles. The molecule has 0 fully saturated rings. The number of hydrogen-bond acceptors (Lipinski definition) is 3. The molecule has 106 valence electrons. The lowest BCUT2D eigenvalue weighted by Crippen LogP contribution is -2.14. The molecule has 20 heavy (non-hydrogen) atoms. The first-order chi connectivity index (χ1) is 9.65. The first-order valence-electron chi connectivity index (χ1n) is 6.43. The van der Waals surface area contributed by atoms with Crippen molar-refractivity contribution in [1.82, 2.24) is 5.32 Å². The van der Waals surface area contributed by atoms with Gasteiger partial charge in [0, 0.05) is 11.1 Å². The molecule has 0 aliphatic carbocycles. The van der Waals surface area contributed by atoms with Crippen LogP contribution in [0.3, 0.4) is 0 Å². The molecule has 1 unspecified atom stereocenters. The molecule has 0 bridgehead atoms. The maximum atomic E-state index is 5.95. The normalized spacial score (nSPS) is 12.0. The Hall–Kier alpha value is -1.71. The molecule has 2 aromatic carbocycles. The van der Waals surface area contributed by atoms with Crippen LogP contribution in [0.2, 0.25) is 5.02 Å². The van der Waals surface area contributed by atoms with Crippen molar-refractivity contribution in [3.05, 3.63) is 53.1 Å². The zero-order chi connectivity index (χ0) is 14.5. The van der Waals surface area contributed by atoms with Gasteiger partial charge in [-0.1, -0.05) is 17.7 Å². The highest BCUT2D eigenvalue weighted by molar-refractivity contribution is 6.30. The van der Waals surface area contributed by atoms with E-state index in [0.29, 0.717) is 5.02 Å². The van der Waals surface area contributed by atoms with Crippen LogP contribution in [0, 0.1) is 0 Å². The highest BCUT2D eigenvalue weighted by atomic mass is 35.5. The average Bonchev–Trinajstić information content (AvgIpc) is 2.48. The zero-order valence-corrected chi connectivity index (χ0v) is 12.6. The van der Waals surface area contributed by atoms with Crippen molar-refractivity contribution in [2.24, 2.45) is 0 Å². The standard InChI is InChI=1S/C16H18ClNO2/c1-11(18-2)16-14(19-3)5-4-6-15(16)20-13-9-7-12(17)8-10-13/h4-11,18H,1-3H3. The van der Waals surface area contributed by atoms with Crippen LogP contribution in [0.15, 0.2) is 42.5 Å². The van der Waals surface area contributed by atoms with Crippen LogP contribution < -0.4 is 14.8 Å². The molecule has 0 amide bonds. The Kier molecular flexibility index (Phi) is 4.88. The summed E-state index contributed by atoms with van der Waals surface area (Å²) in [5, 5.41) is 3.90. The molecule has 3 nitrogen and oxygen atoms in total. The predicted molar refractivity (Wildman–Crippen MR) is 82.0 cm³/mol. The fourth-order valence-electron chi connectivity index (χ4n) is 1.99. The van der Waals surface area contributed by atoms with Crippen molar-refractivity contribution in [3.8, 4) is 17.2 Å². The first-order valence-corrected chi connectivity index (χ1v) is 6.81. The third kappa shape index (κ3) is 3.24. The second kappa shape index (κ2) is 6.64. The number of ether oxygens (including phenoxy) is 2. The predicted octanol–water partition coefficient (Wildman–Crippen LogP) is 4.42. The van der Waals surface area contributed by atoms with E-state index in [2.05, 4.69) is 12.2 Å². The molecule has 4 heteroatoms. The minimum Gasteiger partial charge on any atom is -0.496 e. The number of nitrogens with one attached hydrogen (secondary N) is 1. The molecule has 0 aromatic heterocycles. The van der Waals surface area contributed by atoms with Crippen LogP contribution in [0.5, 0.6) is 17.2 Å². The van der Waals surface area contributed by atoms with Gasteiger partial charge in [-0.3, -0.25) is 0 Å². The fourth-order valence-corrected chi connectivity index (χ4v) is 2.12. The minimum absolute atomic E-state index is 0.119. The van der Waals surface area contributed by atoms with E-state index in [9.17, 15) is 0 Å². The number of rotatable bonds is 5. The lowest BCUT2D eigenvalue weighted by molar-refractivity contribution is 0.393. The number of methoxy groups -OCH3 is 1. The molecular weight excluding hydrogens is 274 g/mol. The SMILES string of the molecule is CNC(C)c1c(OC)cccc1Oc1ccc(Cl)cc1. The minimum atomic E-state index is 0.119. The smallest absolute Gasteiger partial charge is 0.135 e. The maximum Gasteiger partial charge on any atom is 0.135 e. The molecule has 2 aromatic rings. The van der Waals surface area contributed by atoms with Gasteiger partial charge in [-0.05, 0) is 50.4 Å². The van der Waals surface area contributed by atoms with Gasteiger partial charge >= 0.3 is 0 Å². The van der Waals surface area contributed by atoms with Crippen LogP contribution in [0.25, 0.3) is 0 Å². The largest absolute Gasteiger partial charge is 0.496 e. The van der Waals surface area contributed by atoms with Crippen LogP contribution in [0.1, 0.15) is 18.5 Å². The Bertz CT molecular complexity index is 569. The molecule has 0 aliphatic rings. The first kappa shape index (κ1) is 14.7. The second-order valence-electron chi connectivity index (χ2n) is 4.44. The van der Waals surface area contributed by atoms with Gasteiger partial charge in [0.05, 0.1) is 12.7 Å². The summed E-state index contributed by atoms with van der Waals surface area (Å²) in [4.78, 5) is 0. The van der Waals surface area contributed by atoms with Crippen LogP contribution >= 0.6 is 11.6 Å². The third-order valence-corrected chi connectivity index (χ3v) is 3.41. The Morgan fingerprint density at radius 2 is 1.70 bits per heavy atom. The summed E-state index contributed by atoms with van der Waals surface area (Å²) in [5.74, 6) is 2.32. The second-order valence-corrected chi connectivity index (χ2v) is 4.87. The molecular formula is C16H18ClNO2. The summed E-state index contributed by atoms with van der Waals surface area (Å²) < 4.78 is 11.4. The summed E-state index contributed by atoms with van der Waals surface area (Å²) >= 11 is 5.88. The van der Waals surface area contributed by atoms with Gasteiger partial charge in [-0.15, -0.1) is 0 Å². The van der Waals surface area contributed by atoms with Crippen molar-refractivity contribution in [3.63, 3.8) is 0 Å². The van der Waals surface area contributed by atoms with E-state index < -0.39 is 0 Å². The van der Waals surface area contributed by atoms with Gasteiger partial charge in [-0.25, -0.2) is 0 Å². The Morgan fingerprint density at radius 1 is 1.05 bits per heavy atom. The Labute approximate surface area is 124 Å². The van der Waals surface area contributed by atoms with Gasteiger partial charge in [-0.2, -0.15) is 0 Å². The highest BCUT2D eigenvalue weighted by Crippen LogP contribution is 2.36. The van der Waals surface area contributed by atoms with E-state index in [1.54, 1.807) is 19.2 Å². The molecule has 0 aliphatic heterocycles. The van der Waals surface area contributed by atoms with Gasteiger partial charge in [0.25, 0.3) is 0 Å². The zero-order valence-electron chi connectivity index (χ0n) is 11.8. The molecule has 1 atom stereocenters. The van der Waals surface area contributed by atoms with Crippen LogP contribution in [-0.2, 0) is 0 Å². The topological polar surface area (TPSA) is 30.5 Å². The molecule has 0 saturated carbocycles. The monoisotopic (exact) mass is 291 g/mol. The summed E-state index contributed by atoms with van der Waals surface area (Å²) in [5.41, 5.74) is 0.993. The van der Waals surface area contributed by atoms with Crippen LogP contribution in [0.4, 0.5) is 0 Å². The summed E-state index contributed by atoms with van der Waals surface area (Å²) in [6, 6.07) is 13.2. The average molecular weight is 292 g/mol. The van der Waals surface area contributed by atoms with E-state index in [-0.39, 0.29) is 6.04 Å². The van der Waals surface area contributed by atoms with Gasteiger partial charge in [0.2, 0.25) is 0 Å². The molecule has 0 heterocycles. The number of halogens is 1. The van der Waals surface area contributed by atoms with Gasteiger partial charge in [0.15, 0.2) is 0 Å². The van der Waals surface area contributed by atoms with Gasteiger partial charge < -0.3 is 14.8 Å². The van der Waals surface area contributed by atoms with E-state index in [4.69, 9.17) is 21.1 Å². The van der Waals surface area contributed by atoms with Crippen molar-refractivity contribution >= 4 is 11.6 Å². The molecule has 0 radical (unpaired) electrons. The molecule has 1 N–H and O–H groups in total. The van der Waals surface area contributed by atoms with E-state index in [1.807, 2.05) is 37.4 Å². The van der Waals surface area contributed by atoms with Crippen molar-refractivity contribution < 1.29 is 9.47 Å². The summed E-state index contributed by atoms with van der Waals surface area (Å²) in [6.45, 7) is 2.06. The van der Waals surface area contributed by atoms with E-state index in [0.717, 1.165) is 22.8 Å². The third-order valence-electron chi connectivity index (χ3n) is 3.15. The van der Waals surface area contributed by atoms with Crippen molar-refractivity contribution in [1.29, 1.82) is 0 Å². The lowest BCUT2D eigenvalue weighted by atomic mass is 10.1. The number of hydrogen-bond donors (Lipinski definition) is 1. The van der Waals surface area contributed by atoms with Gasteiger partial charge in [0.1, 0.15) is 17.2 Å². The van der Waals surface area contributed by atoms with E-state index in [1.165, 1.54) is 0 Å². The molecule has 0 spiro atoms. The maximum absolute atomic E-state index is 5.95. The van der Waals surface area contributed by atoms with E-state index >= 15 is 0 Å². The van der Waals surface area contributed by atoms with Crippen molar-refractivity contribution in [2.45, 2.75) is 13.0 Å². The Balaban J connectivity index is 2.37. The lowest BCUT2D eigenvalue weighted by Gasteiger charge is -2.19. The number of benzene rings is 2. The summed E-state index contributed by atoms with van der Waals surface area (Å²) in [6.07, 6.45) is 0. The summed E-state index contributed by atoms with van der Waals surface area (Å²) in [7, 11) is 3.57. The quantitative estimate of drug-likeness (QED) is 0.884. The Morgan fingerprint density at radius 3 is 2.30 bits per heavy atom.